The van der Waals surface area contributed by atoms with Crippen molar-refractivity contribution in [1.29, 1.82) is 0 Å². The molecule has 6 heteroatoms. The molecule has 2 unspecified atom stereocenters. The van der Waals surface area contributed by atoms with E-state index in [4.69, 9.17) is 17.9 Å². The van der Waals surface area contributed by atoms with Gasteiger partial charge in [0, 0.05) is 33.4 Å². The van der Waals surface area contributed by atoms with Crippen LogP contribution in [0.4, 0.5) is 0 Å². The Morgan fingerprint density at radius 3 is 2.00 bits per heavy atom. The maximum atomic E-state index is 11.3. The number of likely N-dealkylation sites (N-methyl/N-ethyl adjacent to an activating group) is 2. The monoisotopic (exact) mass is 332 g/mol. The lowest BCUT2D eigenvalue weighted by atomic mass is 9.87. The molecule has 2 atom stereocenters. The van der Waals surface area contributed by atoms with E-state index in [1.807, 2.05) is 25.9 Å². The zero-order chi connectivity index (χ0) is 18.4. The maximum absolute atomic E-state index is 11.3. The third-order valence-corrected chi connectivity index (χ3v) is 4.69. The van der Waals surface area contributed by atoms with Crippen molar-refractivity contribution in [2.75, 3.05) is 47.4 Å². The molecule has 2 heterocycles. The minimum Gasteiger partial charge on any atom is -0.504 e. The highest BCUT2D eigenvalue weighted by atomic mass is 16.5. The molecule has 6 nitrogen and oxygen atoms in total. The van der Waals surface area contributed by atoms with Crippen molar-refractivity contribution in [2.24, 2.45) is 0 Å². The number of nitrogens with zero attached hydrogens (tertiary/aromatic N) is 4. The normalized spacial score (nSPS) is 33.1. The summed E-state index contributed by atoms with van der Waals surface area (Å²) in [5.41, 5.74) is -0.0428. The quantitative estimate of drug-likeness (QED) is 0.545. The van der Waals surface area contributed by atoms with Crippen molar-refractivity contribution in [3.05, 3.63) is 34.7 Å². The molecule has 0 aromatic rings. The second kappa shape index (κ2) is 8.28. The van der Waals surface area contributed by atoms with Crippen LogP contribution in [-0.2, 0) is 9.53 Å². The Hall–Kier alpha value is -1.89. The first-order valence-electron chi connectivity index (χ1n) is 8.10. The number of ether oxygens (including phenoxy) is 1. The Labute approximate surface area is 145 Å². The number of carbonyl (C=O) groups is 1. The Balaban J connectivity index is 0.000000243. The van der Waals surface area contributed by atoms with E-state index < -0.39 is 5.54 Å². The van der Waals surface area contributed by atoms with Gasteiger partial charge in [-0.2, -0.15) is 0 Å². The fourth-order valence-electron chi connectivity index (χ4n) is 3.07. The molecule has 2 aliphatic rings. The molecule has 0 saturated carbocycles. The van der Waals surface area contributed by atoms with Crippen molar-refractivity contribution in [3.8, 4) is 0 Å². The van der Waals surface area contributed by atoms with E-state index in [2.05, 4.69) is 14.6 Å². The van der Waals surface area contributed by atoms with Crippen molar-refractivity contribution in [1.82, 2.24) is 9.80 Å². The second-order valence-electron chi connectivity index (χ2n) is 7.05. The van der Waals surface area contributed by atoms with Gasteiger partial charge in [-0.3, -0.25) is 14.6 Å². The van der Waals surface area contributed by atoms with Crippen molar-refractivity contribution < 1.29 is 9.53 Å². The molecule has 0 spiro atoms. The first-order valence-corrected chi connectivity index (χ1v) is 8.10. The fourth-order valence-corrected chi connectivity index (χ4v) is 3.07. The lowest BCUT2D eigenvalue weighted by Gasteiger charge is -2.31. The number of hydrogen-bond acceptors (Lipinski definition) is 4. The molecule has 2 fully saturated rings. The van der Waals surface area contributed by atoms with Crippen LogP contribution in [0.3, 0.4) is 0 Å². The summed E-state index contributed by atoms with van der Waals surface area (Å²) in [6, 6.07) is 0. The molecular weight excluding hydrogens is 304 g/mol. The van der Waals surface area contributed by atoms with Crippen LogP contribution in [-0.4, -0.2) is 74.0 Å². The summed E-state index contributed by atoms with van der Waals surface area (Å²) in [7, 11) is 5.62. The van der Waals surface area contributed by atoms with Gasteiger partial charge in [0.2, 0.25) is 5.78 Å². The number of ketones is 1. The Kier molecular flexibility index (Phi) is 6.95. The third-order valence-electron chi connectivity index (χ3n) is 4.69. The number of likely N-dealkylation sites (tertiary alicyclic amines) is 2. The number of methoxy groups -OCH3 is 1. The largest absolute Gasteiger partial charge is 0.504 e. The Morgan fingerprint density at radius 1 is 1.04 bits per heavy atom. The van der Waals surface area contributed by atoms with E-state index in [9.17, 15) is 4.79 Å². The van der Waals surface area contributed by atoms with Gasteiger partial charge in [0.1, 0.15) is 0 Å². The zero-order valence-corrected chi connectivity index (χ0v) is 15.4. The molecule has 2 rings (SSSR count). The molecule has 0 radical (unpaired) electrons. The van der Waals surface area contributed by atoms with E-state index in [0.29, 0.717) is 13.0 Å². The van der Waals surface area contributed by atoms with Gasteiger partial charge in [-0.15, -0.1) is 0 Å². The topological polar surface area (TPSA) is 41.5 Å². The standard InChI is InChI=1S/C10H16N2O.C8H12N2O/c1-10(11-2)8-12(3)6-5-9(10)7-13-4;1-8(9-2)6-10(3)5-4-7(8)11/h7H,5-6,8H2,1,3-4H3;4-6H2,1,3H3. The van der Waals surface area contributed by atoms with Gasteiger partial charge in [0.15, 0.2) is 0 Å². The Bertz CT molecular complexity index is 575. The average Bonchev–Trinajstić information content (AvgIpc) is 2.55. The third kappa shape index (κ3) is 4.80. The van der Waals surface area contributed by atoms with Gasteiger partial charge >= 0.3 is 0 Å². The highest BCUT2D eigenvalue weighted by molar-refractivity contribution is 5.91. The molecule has 24 heavy (non-hydrogen) atoms. The summed E-state index contributed by atoms with van der Waals surface area (Å²) in [5, 5.41) is 0. The first kappa shape index (κ1) is 20.2. The summed E-state index contributed by atoms with van der Waals surface area (Å²) in [6.07, 6.45) is 3.18. The SMILES string of the molecule is [C-]#[N+]C1(C)CN(C)CCC1=COC.[C-]#[N+]C1(C)CN(C)CCC1=O. The highest BCUT2D eigenvalue weighted by Gasteiger charge is 2.43. The number of carbonyl (C=O) groups excluding carboxylic acids is 1. The number of piperidine rings is 2. The molecule has 0 bridgehead atoms. The predicted molar refractivity (Wildman–Crippen MR) is 94.3 cm³/mol. The second-order valence-corrected chi connectivity index (χ2v) is 7.05. The average molecular weight is 332 g/mol. The van der Waals surface area contributed by atoms with Crippen LogP contribution in [0.1, 0.15) is 26.7 Å². The zero-order valence-electron chi connectivity index (χ0n) is 15.4. The maximum Gasteiger partial charge on any atom is 0.299 e. The summed E-state index contributed by atoms with van der Waals surface area (Å²) in [5.74, 6) is 0.0885. The highest BCUT2D eigenvalue weighted by Crippen LogP contribution is 2.29. The predicted octanol–water partition coefficient (Wildman–Crippen LogP) is 2.10. The van der Waals surface area contributed by atoms with Crippen molar-refractivity contribution in [3.63, 3.8) is 0 Å². The van der Waals surface area contributed by atoms with E-state index in [1.165, 1.54) is 0 Å². The molecule has 0 N–H and O–H groups in total. The van der Waals surface area contributed by atoms with Gasteiger partial charge in [0.25, 0.3) is 11.1 Å². The molecule has 2 aliphatic heterocycles. The van der Waals surface area contributed by atoms with Gasteiger partial charge in [-0.25, -0.2) is 13.1 Å². The van der Waals surface area contributed by atoms with Gasteiger partial charge in [-0.05, 0) is 20.5 Å². The van der Waals surface area contributed by atoms with E-state index in [0.717, 1.165) is 31.6 Å². The number of hydrogen-bond donors (Lipinski definition) is 0. The molecule has 0 amide bonds. The van der Waals surface area contributed by atoms with Crippen molar-refractivity contribution in [2.45, 2.75) is 37.8 Å². The van der Waals surface area contributed by atoms with Crippen molar-refractivity contribution >= 4 is 5.78 Å². The van der Waals surface area contributed by atoms with E-state index in [-0.39, 0.29) is 11.3 Å². The minimum atomic E-state index is -0.771. The van der Waals surface area contributed by atoms with Crippen LogP contribution in [0.5, 0.6) is 0 Å². The van der Waals surface area contributed by atoms with Gasteiger partial charge in [-0.1, -0.05) is 0 Å². The summed E-state index contributed by atoms with van der Waals surface area (Å²) in [6.45, 7) is 21.0. The molecular formula is C18H28N4O2. The van der Waals surface area contributed by atoms with E-state index >= 15 is 0 Å². The van der Waals surface area contributed by atoms with Crippen LogP contribution in [0.25, 0.3) is 9.69 Å². The van der Waals surface area contributed by atoms with Crippen LogP contribution in [0.15, 0.2) is 11.8 Å². The van der Waals surface area contributed by atoms with Crippen LogP contribution in [0, 0.1) is 13.1 Å². The number of Topliss-reactive ketones (excluding diaryl/α,β-unsaturated/α-hetero) is 1. The lowest BCUT2D eigenvalue weighted by molar-refractivity contribution is -0.125. The first-order chi connectivity index (χ1) is 11.2. The van der Waals surface area contributed by atoms with Crippen LogP contribution >= 0.6 is 0 Å². The minimum absolute atomic E-state index is 0.0885. The molecule has 0 aliphatic carbocycles. The van der Waals surface area contributed by atoms with Crippen LogP contribution < -0.4 is 0 Å². The smallest absolute Gasteiger partial charge is 0.299 e. The summed E-state index contributed by atoms with van der Waals surface area (Å²) >= 11 is 0. The molecule has 2 saturated heterocycles. The van der Waals surface area contributed by atoms with Gasteiger partial charge in [0.05, 0.1) is 32.0 Å². The Morgan fingerprint density at radius 2 is 1.54 bits per heavy atom. The molecule has 132 valence electrons. The fraction of sp³-hybridized carbons (Fsp3) is 0.722. The summed E-state index contributed by atoms with van der Waals surface area (Å²) in [4.78, 5) is 22.5. The lowest BCUT2D eigenvalue weighted by Crippen LogP contribution is -2.49. The molecule has 0 aromatic heterocycles. The molecule has 0 aromatic carbocycles. The van der Waals surface area contributed by atoms with Gasteiger partial charge < -0.3 is 14.4 Å². The number of rotatable bonds is 1. The van der Waals surface area contributed by atoms with E-state index in [1.54, 1.807) is 20.3 Å². The van der Waals surface area contributed by atoms with Crippen LogP contribution in [0.2, 0.25) is 0 Å². The summed E-state index contributed by atoms with van der Waals surface area (Å²) < 4.78 is 4.99.